The standard InChI is InChI=1S/C15H18BrN3O/c1-10-3-4-12(9-13(10)16)19-11(2)6-8-18-14(5-7-17)15(19)20/h3-4,9,11,14,18H,5-6,8H2,1-2H3. The molecule has 1 fully saturated rings. The predicted molar refractivity (Wildman–Crippen MR) is 82.5 cm³/mol. The summed E-state index contributed by atoms with van der Waals surface area (Å²) in [5, 5.41) is 12.0. The topological polar surface area (TPSA) is 56.1 Å². The molecule has 0 bridgehead atoms. The largest absolute Gasteiger partial charge is 0.308 e. The second-order valence-corrected chi connectivity index (χ2v) is 6.00. The Morgan fingerprint density at radius 2 is 2.30 bits per heavy atom. The van der Waals surface area contributed by atoms with Gasteiger partial charge in [0.25, 0.3) is 0 Å². The van der Waals surface area contributed by atoms with Crippen molar-refractivity contribution in [2.75, 3.05) is 11.4 Å². The van der Waals surface area contributed by atoms with Crippen molar-refractivity contribution in [2.24, 2.45) is 0 Å². The zero-order valence-corrected chi connectivity index (χ0v) is 13.3. The highest BCUT2D eigenvalue weighted by Gasteiger charge is 2.31. The monoisotopic (exact) mass is 335 g/mol. The molecule has 1 aromatic rings. The molecule has 4 nitrogen and oxygen atoms in total. The molecule has 20 heavy (non-hydrogen) atoms. The normalized spacial score (nSPS) is 23.3. The summed E-state index contributed by atoms with van der Waals surface area (Å²) in [6.45, 7) is 4.81. The number of nitrogens with zero attached hydrogens (tertiary/aromatic N) is 2. The molecule has 0 spiro atoms. The van der Waals surface area contributed by atoms with E-state index >= 15 is 0 Å². The molecule has 1 amide bonds. The zero-order valence-electron chi connectivity index (χ0n) is 11.7. The number of rotatable bonds is 2. The van der Waals surface area contributed by atoms with Crippen molar-refractivity contribution in [1.29, 1.82) is 5.26 Å². The van der Waals surface area contributed by atoms with Crippen molar-refractivity contribution in [3.8, 4) is 6.07 Å². The fraction of sp³-hybridized carbons (Fsp3) is 0.467. The summed E-state index contributed by atoms with van der Waals surface area (Å²) in [4.78, 5) is 14.5. The van der Waals surface area contributed by atoms with Gasteiger partial charge in [0.15, 0.2) is 0 Å². The number of aryl methyl sites for hydroxylation is 1. The third-order valence-electron chi connectivity index (χ3n) is 3.66. The molecule has 2 rings (SSSR count). The summed E-state index contributed by atoms with van der Waals surface area (Å²) in [7, 11) is 0. The van der Waals surface area contributed by atoms with E-state index in [0.717, 1.165) is 28.7 Å². The molecule has 1 N–H and O–H groups in total. The molecule has 106 valence electrons. The fourth-order valence-corrected chi connectivity index (χ4v) is 2.80. The molecule has 1 saturated heterocycles. The third kappa shape index (κ3) is 3.02. The van der Waals surface area contributed by atoms with Crippen molar-refractivity contribution >= 4 is 27.5 Å². The Hall–Kier alpha value is -1.38. The molecule has 1 aliphatic heterocycles. The number of amides is 1. The quantitative estimate of drug-likeness (QED) is 0.904. The summed E-state index contributed by atoms with van der Waals surface area (Å²) in [5.74, 6) is -0.0210. The van der Waals surface area contributed by atoms with Crippen LogP contribution in [0.4, 0.5) is 5.69 Å². The van der Waals surface area contributed by atoms with E-state index in [4.69, 9.17) is 5.26 Å². The van der Waals surface area contributed by atoms with Crippen LogP contribution in [0.15, 0.2) is 22.7 Å². The Kier molecular flexibility index (Phi) is 4.79. The van der Waals surface area contributed by atoms with Crippen molar-refractivity contribution in [1.82, 2.24) is 5.32 Å². The van der Waals surface area contributed by atoms with Gasteiger partial charge in [-0.15, -0.1) is 0 Å². The number of nitriles is 1. The number of benzene rings is 1. The average Bonchev–Trinajstić information content (AvgIpc) is 2.54. The van der Waals surface area contributed by atoms with Crippen LogP contribution in [0.5, 0.6) is 0 Å². The molecule has 1 heterocycles. The van der Waals surface area contributed by atoms with E-state index in [1.807, 2.05) is 36.9 Å². The van der Waals surface area contributed by atoms with E-state index < -0.39 is 6.04 Å². The smallest absolute Gasteiger partial charge is 0.245 e. The SMILES string of the molecule is Cc1ccc(N2C(=O)C(CC#N)NCCC2C)cc1Br. The van der Waals surface area contributed by atoms with Gasteiger partial charge in [0.05, 0.1) is 12.5 Å². The number of anilines is 1. The van der Waals surface area contributed by atoms with E-state index in [2.05, 4.69) is 27.3 Å². The number of hydrogen-bond donors (Lipinski definition) is 1. The van der Waals surface area contributed by atoms with Gasteiger partial charge in [-0.3, -0.25) is 4.79 Å². The van der Waals surface area contributed by atoms with Crippen LogP contribution in [0, 0.1) is 18.3 Å². The molecule has 5 heteroatoms. The van der Waals surface area contributed by atoms with Gasteiger partial charge in [0.2, 0.25) is 5.91 Å². The molecule has 2 atom stereocenters. The van der Waals surface area contributed by atoms with Crippen LogP contribution >= 0.6 is 15.9 Å². The van der Waals surface area contributed by atoms with Gasteiger partial charge in [-0.1, -0.05) is 22.0 Å². The van der Waals surface area contributed by atoms with Crippen LogP contribution in [-0.2, 0) is 4.79 Å². The first-order valence-corrected chi connectivity index (χ1v) is 7.53. The van der Waals surface area contributed by atoms with Gasteiger partial charge in [0, 0.05) is 16.2 Å². The number of carbonyl (C=O) groups excluding carboxylic acids is 1. The lowest BCUT2D eigenvalue weighted by molar-refractivity contribution is -0.120. The number of nitrogens with one attached hydrogen (secondary N) is 1. The highest BCUT2D eigenvalue weighted by molar-refractivity contribution is 9.10. The summed E-state index contributed by atoms with van der Waals surface area (Å²) >= 11 is 3.51. The van der Waals surface area contributed by atoms with Crippen LogP contribution in [0.2, 0.25) is 0 Å². The Morgan fingerprint density at radius 3 is 2.95 bits per heavy atom. The Morgan fingerprint density at radius 1 is 1.55 bits per heavy atom. The lowest BCUT2D eigenvalue weighted by Crippen LogP contribution is -2.46. The molecular weight excluding hydrogens is 318 g/mol. The Labute approximate surface area is 127 Å². The van der Waals surface area contributed by atoms with Gasteiger partial charge in [0.1, 0.15) is 6.04 Å². The van der Waals surface area contributed by atoms with Crippen molar-refractivity contribution in [3.05, 3.63) is 28.2 Å². The lowest BCUT2D eigenvalue weighted by atomic mass is 10.1. The maximum Gasteiger partial charge on any atom is 0.245 e. The highest BCUT2D eigenvalue weighted by Crippen LogP contribution is 2.27. The van der Waals surface area contributed by atoms with Gasteiger partial charge in [-0.05, 0) is 44.5 Å². The van der Waals surface area contributed by atoms with Crippen LogP contribution in [0.3, 0.4) is 0 Å². The molecule has 2 unspecified atom stereocenters. The number of hydrogen-bond acceptors (Lipinski definition) is 3. The van der Waals surface area contributed by atoms with E-state index in [9.17, 15) is 4.79 Å². The Balaban J connectivity index is 2.36. The van der Waals surface area contributed by atoms with Gasteiger partial charge in [-0.25, -0.2) is 0 Å². The molecule has 0 aliphatic carbocycles. The van der Waals surface area contributed by atoms with Gasteiger partial charge >= 0.3 is 0 Å². The number of carbonyl (C=O) groups is 1. The summed E-state index contributed by atoms with van der Waals surface area (Å²) in [5.41, 5.74) is 2.02. The number of halogens is 1. The first kappa shape index (κ1) is 15.0. The van der Waals surface area contributed by atoms with Crippen molar-refractivity contribution in [3.63, 3.8) is 0 Å². The maximum absolute atomic E-state index is 12.6. The van der Waals surface area contributed by atoms with Crippen LogP contribution in [0.25, 0.3) is 0 Å². The lowest BCUT2D eigenvalue weighted by Gasteiger charge is -2.29. The summed E-state index contributed by atoms with van der Waals surface area (Å²) < 4.78 is 0.990. The van der Waals surface area contributed by atoms with Crippen LogP contribution in [0.1, 0.15) is 25.3 Å². The minimum Gasteiger partial charge on any atom is -0.308 e. The van der Waals surface area contributed by atoms with Crippen LogP contribution in [-0.4, -0.2) is 24.5 Å². The molecule has 1 aromatic carbocycles. The van der Waals surface area contributed by atoms with Crippen molar-refractivity contribution in [2.45, 2.75) is 38.8 Å². The predicted octanol–water partition coefficient (Wildman–Crippen LogP) is 2.75. The van der Waals surface area contributed by atoms with Crippen LogP contribution < -0.4 is 10.2 Å². The second-order valence-electron chi connectivity index (χ2n) is 5.15. The van der Waals surface area contributed by atoms with Gasteiger partial charge in [-0.2, -0.15) is 5.26 Å². The summed E-state index contributed by atoms with van der Waals surface area (Å²) in [6.07, 6.45) is 1.08. The average molecular weight is 336 g/mol. The van der Waals surface area contributed by atoms with E-state index in [1.165, 1.54) is 0 Å². The third-order valence-corrected chi connectivity index (χ3v) is 4.51. The van der Waals surface area contributed by atoms with E-state index in [0.29, 0.717) is 0 Å². The second kappa shape index (κ2) is 6.38. The van der Waals surface area contributed by atoms with E-state index in [-0.39, 0.29) is 18.4 Å². The first-order valence-electron chi connectivity index (χ1n) is 6.74. The maximum atomic E-state index is 12.6. The van der Waals surface area contributed by atoms with Gasteiger partial charge < -0.3 is 10.2 Å². The zero-order chi connectivity index (χ0) is 14.7. The minimum absolute atomic E-state index is 0.0210. The molecular formula is C15H18BrN3O. The molecule has 0 aromatic heterocycles. The Bertz CT molecular complexity index is 553. The van der Waals surface area contributed by atoms with E-state index in [1.54, 1.807) is 0 Å². The first-order chi connectivity index (χ1) is 9.54. The van der Waals surface area contributed by atoms with Crippen molar-refractivity contribution < 1.29 is 4.79 Å². The summed E-state index contributed by atoms with van der Waals surface area (Å²) in [6, 6.07) is 7.72. The molecule has 0 saturated carbocycles. The fourth-order valence-electron chi connectivity index (χ4n) is 2.43. The minimum atomic E-state index is -0.412. The molecule has 0 radical (unpaired) electrons. The highest BCUT2D eigenvalue weighted by atomic mass is 79.9. The molecule has 1 aliphatic rings.